The summed E-state index contributed by atoms with van der Waals surface area (Å²) < 4.78 is 0. The number of hydrazone groups is 1. The second kappa shape index (κ2) is 6.89. The zero-order valence-electron chi connectivity index (χ0n) is 13.9. The Labute approximate surface area is 152 Å². The van der Waals surface area contributed by atoms with Crippen LogP contribution < -0.4 is 5.32 Å². The topological polar surface area (TPSA) is 44.7 Å². The van der Waals surface area contributed by atoms with Crippen molar-refractivity contribution in [2.24, 2.45) is 5.10 Å². The summed E-state index contributed by atoms with van der Waals surface area (Å²) in [6.45, 7) is 0. The van der Waals surface area contributed by atoms with Crippen LogP contribution in [0.15, 0.2) is 53.6 Å². The van der Waals surface area contributed by atoms with Crippen molar-refractivity contribution in [3.05, 3.63) is 64.7 Å². The molecule has 0 unspecified atom stereocenters. The van der Waals surface area contributed by atoms with Crippen molar-refractivity contribution in [3.8, 4) is 0 Å². The van der Waals surface area contributed by atoms with Crippen LogP contribution in [0.3, 0.4) is 0 Å². The third-order valence-electron chi connectivity index (χ3n) is 4.78. The SMILES string of the molecule is O=C1c2ccccc2N[C@H](c2ccccc2Cl)N1N=C1CCCCC1. The molecule has 1 N–H and O–H groups in total. The average molecular weight is 354 g/mol. The van der Waals surface area contributed by atoms with Gasteiger partial charge in [0.05, 0.1) is 5.56 Å². The molecule has 1 fully saturated rings. The lowest BCUT2D eigenvalue weighted by molar-refractivity contribution is 0.0688. The number of amides is 1. The summed E-state index contributed by atoms with van der Waals surface area (Å²) in [7, 11) is 0. The molecule has 2 aromatic rings. The predicted molar refractivity (Wildman–Crippen MR) is 101 cm³/mol. The average Bonchev–Trinajstić information content (AvgIpc) is 2.65. The summed E-state index contributed by atoms with van der Waals surface area (Å²) in [4.78, 5) is 13.1. The molecule has 0 spiro atoms. The molecule has 0 saturated heterocycles. The first-order valence-electron chi connectivity index (χ1n) is 8.74. The number of para-hydroxylation sites is 1. The summed E-state index contributed by atoms with van der Waals surface area (Å²) >= 11 is 6.41. The molecule has 1 saturated carbocycles. The van der Waals surface area contributed by atoms with E-state index in [2.05, 4.69) is 5.32 Å². The molecule has 4 nitrogen and oxygen atoms in total. The van der Waals surface area contributed by atoms with E-state index in [-0.39, 0.29) is 5.91 Å². The van der Waals surface area contributed by atoms with Crippen LogP contribution in [0.1, 0.15) is 54.2 Å². The Hall–Kier alpha value is -2.33. The van der Waals surface area contributed by atoms with Crippen molar-refractivity contribution in [2.75, 3.05) is 5.32 Å². The Kier molecular flexibility index (Phi) is 4.45. The molecule has 2 aromatic carbocycles. The number of carbonyl (C=O) groups excluding carboxylic acids is 1. The van der Waals surface area contributed by atoms with E-state index in [1.54, 1.807) is 5.01 Å². The Bertz CT molecular complexity index is 825. The van der Waals surface area contributed by atoms with Gasteiger partial charge in [-0.3, -0.25) is 4.79 Å². The maximum absolute atomic E-state index is 13.1. The van der Waals surface area contributed by atoms with Crippen LogP contribution >= 0.6 is 11.6 Å². The molecule has 4 rings (SSSR count). The van der Waals surface area contributed by atoms with Crippen molar-refractivity contribution < 1.29 is 4.79 Å². The molecular formula is C20H20ClN3O. The van der Waals surface area contributed by atoms with Gasteiger partial charge in [-0.05, 0) is 43.9 Å². The lowest BCUT2D eigenvalue weighted by Gasteiger charge is -2.35. The zero-order valence-corrected chi connectivity index (χ0v) is 14.7. The van der Waals surface area contributed by atoms with Crippen molar-refractivity contribution in [2.45, 2.75) is 38.3 Å². The summed E-state index contributed by atoms with van der Waals surface area (Å²) in [5, 5.41) is 10.4. The number of fused-ring (bicyclic) bond motifs is 1. The first kappa shape index (κ1) is 16.2. The summed E-state index contributed by atoms with van der Waals surface area (Å²) in [6.07, 6.45) is 5.04. The highest BCUT2D eigenvalue weighted by atomic mass is 35.5. The molecule has 1 atom stereocenters. The quantitative estimate of drug-likeness (QED) is 0.803. The standard InChI is InChI=1S/C20H20ClN3O/c21-17-12-6-4-10-15(17)19-22-18-13-7-5-11-16(18)20(25)24(19)23-14-8-2-1-3-9-14/h4-7,10-13,19,22H,1-3,8-9H2/t19-/m0/s1. The molecule has 1 aliphatic heterocycles. The van der Waals surface area contributed by atoms with E-state index in [1.807, 2.05) is 48.5 Å². The number of anilines is 1. The largest absolute Gasteiger partial charge is 0.359 e. The Morgan fingerprint density at radius 2 is 1.72 bits per heavy atom. The first-order valence-corrected chi connectivity index (χ1v) is 9.12. The van der Waals surface area contributed by atoms with Gasteiger partial charge < -0.3 is 5.32 Å². The van der Waals surface area contributed by atoms with Crippen LogP contribution in [-0.4, -0.2) is 16.6 Å². The van der Waals surface area contributed by atoms with Crippen LogP contribution in [-0.2, 0) is 0 Å². The van der Waals surface area contributed by atoms with Gasteiger partial charge in [-0.2, -0.15) is 5.10 Å². The number of halogens is 1. The number of rotatable bonds is 2. The van der Waals surface area contributed by atoms with Crippen LogP contribution in [0.4, 0.5) is 5.69 Å². The molecule has 0 aromatic heterocycles. The van der Waals surface area contributed by atoms with Crippen LogP contribution in [0.25, 0.3) is 0 Å². The maximum Gasteiger partial charge on any atom is 0.278 e. The molecular weight excluding hydrogens is 334 g/mol. The zero-order chi connectivity index (χ0) is 17.2. The molecule has 1 heterocycles. The van der Waals surface area contributed by atoms with E-state index in [4.69, 9.17) is 16.7 Å². The molecule has 128 valence electrons. The van der Waals surface area contributed by atoms with Gasteiger partial charge in [-0.15, -0.1) is 0 Å². The van der Waals surface area contributed by atoms with E-state index in [1.165, 1.54) is 6.42 Å². The summed E-state index contributed by atoms with van der Waals surface area (Å²) in [5.41, 5.74) is 3.41. The molecule has 1 aliphatic carbocycles. The first-order chi connectivity index (χ1) is 12.2. The molecule has 1 amide bonds. The van der Waals surface area contributed by atoms with Gasteiger partial charge in [0.1, 0.15) is 0 Å². The van der Waals surface area contributed by atoms with E-state index in [0.29, 0.717) is 10.6 Å². The fourth-order valence-electron chi connectivity index (χ4n) is 3.47. The Balaban J connectivity index is 1.79. The van der Waals surface area contributed by atoms with Crippen molar-refractivity contribution in [1.82, 2.24) is 5.01 Å². The van der Waals surface area contributed by atoms with E-state index in [9.17, 15) is 4.79 Å². The number of carbonyl (C=O) groups is 1. The van der Waals surface area contributed by atoms with Gasteiger partial charge >= 0.3 is 0 Å². The minimum atomic E-state index is -0.398. The van der Waals surface area contributed by atoms with Gasteiger partial charge in [0.25, 0.3) is 5.91 Å². The van der Waals surface area contributed by atoms with Gasteiger partial charge in [0.15, 0.2) is 6.17 Å². The molecule has 0 radical (unpaired) electrons. The Morgan fingerprint density at radius 1 is 1.00 bits per heavy atom. The normalized spacial score (nSPS) is 20.0. The second-order valence-electron chi connectivity index (χ2n) is 6.49. The Morgan fingerprint density at radius 3 is 2.52 bits per heavy atom. The fraction of sp³-hybridized carbons (Fsp3) is 0.300. The minimum absolute atomic E-state index is 0.0858. The fourth-order valence-corrected chi connectivity index (χ4v) is 3.71. The smallest absolute Gasteiger partial charge is 0.278 e. The van der Waals surface area contributed by atoms with Crippen molar-refractivity contribution >= 4 is 28.9 Å². The van der Waals surface area contributed by atoms with Gasteiger partial charge in [0.2, 0.25) is 0 Å². The van der Waals surface area contributed by atoms with E-state index < -0.39 is 6.17 Å². The summed E-state index contributed by atoms with van der Waals surface area (Å²) in [5.74, 6) is -0.0858. The highest BCUT2D eigenvalue weighted by Crippen LogP contribution is 2.36. The third-order valence-corrected chi connectivity index (χ3v) is 5.13. The van der Waals surface area contributed by atoms with Crippen molar-refractivity contribution in [3.63, 3.8) is 0 Å². The lowest BCUT2D eigenvalue weighted by atomic mass is 9.99. The maximum atomic E-state index is 13.1. The number of benzene rings is 2. The number of nitrogens with zero attached hydrogens (tertiary/aromatic N) is 2. The van der Waals surface area contributed by atoms with E-state index in [0.717, 1.165) is 42.6 Å². The third kappa shape index (κ3) is 3.14. The second-order valence-corrected chi connectivity index (χ2v) is 6.90. The van der Waals surface area contributed by atoms with Crippen LogP contribution in [0.2, 0.25) is 5.02 Å². The number of hydrogen-bond acceptors (Lipinski definition) is 3. The van der Waals surface area contributed by atoms with Gasteiger partial charge in [0, 0.05) is 22.0 Å². The lowest BCUT2D eigenvalue weighted by Crippen LogP contribution is -2.40. The van der Waals surface area contributed by atoms with Gasteiger partial charge in [-0.25, -0.2) is 5.01 Å². The number of nitrogens with one attached hydrogen (secondary N) is 1. The number of hydrogen-bond donors (Lipinski definition) is 1. The monoisotopic (exact) mass is 353 g/mol. The molecule has 2 aliphatic rings. The predicted octanol–water partition coefficient (Wildman–Crippen LogP) is 5.23. The molecule has 5 heteroatoms. The molecule has 25 heavy (non-hydrogen) atoms. The minimum Gasteiger partial charge on any atom is -0.359 e. The summed E-state index contributed by atoms with van der Waals surface area (Å²) in [6, 6.07) is 15.2. The highest BCUT2D eigenvalue weighted by Gasteiger charge is 2.34. The van der Waals surface area contributed by atoms with E-state index >= 15 is 0 Å². The van der Waals surface area contributed by atoms with Crippen molar-refractivity contribution in [1.29, 1.82) is 0 Å². The van der Waals surface area contributed by atoms with Crippen LogP contribution in [0.5, 0.6) is 0 Å². The van der Waals surface area contributed by atoms with Crippen LogP contribution in [0, 0.1) is 0 Å². The van der Waals surface area contributed by atoms with Gasteiger partial charge in [-0.1, -0.05) is 48.4 Å². The molecule has 0 bridgehead atoms. The highest BCUT2D eigenvalue weighted by molar-refractivity contribution is 6.31.